The summed E-state index contributed by atoms with van der Waals surface area (Å²) < 4.78 is 0. The minimum absolute atomic E-state index is 0.0322. The zero-order valence-electron chi connectivity index (χ0n) is 12.8. The van der Waals surface area contributed by atoms with Crippen LogP contribution in [0.15, 0.2) is 18.2 Å². The van der Waals surface area contributed by atoms with Crippen molar-refractivity contribution < 1.29 is 4.79 Å². The Kier molecular flexibility index (Phi) is 4.01. The molecule has 1 fully saturated rings. The van der Waals surface area contributed by atoms with Crippen LogP contribution in [0.2, 0.25) is 0 Å². The molecule has 2 aliphatic rings. The largest absolute Gasteiger partial charge is 0.382 e. The quantitative estimate of drug-likeness (QED) is 0.776. The number of benzene rings is 1. The van der Waals surface area contributed by atoms with E-state index in [-0.39, 0.29) is 11.9 Å². The molecule has 3 rings (SSSR count). The van der Waals surface area contributed by atoms with Gasteiger partial charge in [0.1, 0.15) is 0 Å². The average molecular weight is 288 g/mol. The third-order valence-electron chi connectivity index (χ3n) is 4.59. The van der Waals surface area contributed by atoms with Crippen molar-refractivity contribution in [2.75, 3.05) is 37.3 Å². The molecule has 1 aromatic carbocycles. The third-order valence-corrected chi connectivity index (χ3v) is 4.59. The predicted molar refractivity (Wildman–Crippen MR) is 86.0 cm³/mol. The van der Waals surface area contributed by atoms with Crippen LogP contribution in [-0.2, 0) is 0 Å². The number of rotatable bonds is 2. The molecule has 1 saturated heterocycles. The van der Waals surface area contributed by atoms with E-state index >= 15 is 0 Å². The molecule has 5 heteroatoms. The van der Waals surface area contributed by atoms with Gasteiger partial charge in [0.25, 0.3) is 5.91 Å². The molecule has 0 radical (unpaired) electrons. The number of piperidine rings is 1. The molecule has 2 heterocycles. The Morgan fingerprint density at radius 3 is 2.95 bits per heavy atom. The van der Waals surface area contributed by atoms with E-state index in [2.05, 4.69) is 34.8 Å². The highest BCUT2D eigenvalue weighted by Crippen LogP contribution is 2.28. The number of likely N-dealkylation sites (tertiary alicyclic amines) is 1. The molecule has 0 saturated carbocycles. The average Bonchev–Trinajstić information content (AvgIpc) is 2.50. The molecule has 0 spiro atoms. The van der Waals surface area contributed by atoms with E-state index in [0.29, 0.717) is 6.04 Å². The van der Waals surface area contributed by atoms with Crippen LogP contribution in [0.4, 0.5) is 11.4 Å². The van der Waals surface area contributed by atoms with Crippen LogP contribution in [0.25, 0.3) is 0 Å². The van der Waals surface area contributed by atoms with Crippen LogP contribution in [-0.4, -0.2) is 49.6 Å². The molecule has 1 amide bonds. The maximum Gasteiger partial charge on any atom is 0.253 e. The summed E-state index contributed by atoms with van der Waals surface area (Å²) in [6.45, 7) is 5.00. The molecule has 0 bridgehead atoms. The zero-order chi connectivity index (χ0) is 14.8. The van der Waals surface area contributed by atoms with Crippen molar-refractivity contribution in [2.45, 2.75) is 31.8 Å². The smallest absolute Gasteiger partial charge is 0.253 e. The SMILES string of the molecule is CC1CC(NC(=O)c2cccc3c2NCCN3)CCN1C. The first-order valence-electron chi connectivity index (χ1n) is 7.77. The van der Waals surface area contributed by atoms with E-state index < -0.39 is 0 Å². The number of nitrogens with zero attached hydrogens (tertiary/aromatic N) is 1. The normalized spacial score (nSPS) is 25.4. The van der Waals surface area contributed by atoms with Crippen molar-refractivity contribution in [3.63, 3.8) is 0 Å². The standard InChI is InChI=1S/C16H24N4O/c1-11-10-12(6-9-20(11)2)19-16(21)13-4-3-5-14-15(13)18-8-7-17-14/h3-5,11-12,17-18H,6-10H2,1-2H3,(H,19,21). The topological polar surface area (TPSA) is 56.4 Å². The number of hydrogen-bond donors (Lipinski definition) is 3. The number of hydrogen-bond acceptors (Lipinski definition) is 4. The predicted octanol–water partition coefficient (Wildman–Crippen LogP) is 1.74. The lowest BCUT2D eigenvalue weighted by Crippen LogP contribution is -2.47. The third kappa shape index (κ3) is 2.97. The summed E-state index contributed by atoms with van der Waals surface area (Å²) in [5, 5.41) is 9.86. The summed E-state index contributed by atoms with van der Waals surface area (Å²) in [4.78, 5) is 14.9. The van der Waals surface area contributed by atoms with Crippen LogP contribution in [0.1, 0.15) is 30.1 Å². The molecule has 2 atom stereocenters. The van der Waals surface area contributed by atoms with Gasteiger partial charge in [-0.25, -0.2) is 0 Å². The molecular formula is C16H24N4O. The molecule has 3 N–H and O–H groups in total. The summed E-state index contributed by atoms with van der Waals surface area (Å²) >= 11 is 0. The molecule has 5 nitrogen and oxygen atoms in total. The first kappa shape index (κ1) is 14.2. The number of nitrogens with one attached hydrogen (secondary N) is 3. The van der Waals surface area contributed by atoms with Gasteiger partial charge >= 0.3 is 0 Å². The van der Waals surface area contributed by atoms with E-state index in [1.54, 1.807) is 0 Å². The Morgan fingerprint density at radius 2 is 2.14 bits per heavy atom. The Bertz CT molecular complexity index is 531. The van der Waals surface area contributed by atoms with Gasteiger partial charge in [-0.3, -0.25) is 4.79 Å². The fraction of sp³-hybridized carbons (Fsp3) is 0.562. The van der Waals surface area contributed by atoms with Crippen LogP contribution >= 0.6 is 0 Å². The second-order valence-corrected chi connectivity index (χ2v) is 6.11. The maximum absolute atomic E-state index is 12.6. The fourth-order valence-electron chi connectivity index (χ4n) is 3.15. The molecule has 2 aliphatic heterocycles. The van der Waals surface area contributed by atoms with Crippen molar-refractivity contribution in [2.24, 2.45) is 0 Å². The van der Waals surface area contributed by atoms with Gasteiger partial charge in [0.05, 0.1) is 16.9 Å². The Balaban J connectivity index is 1.71. The molecule has 0 aliphatic carbocycles. The van der Waals surface area contributed by atoms with Gasteiger partial charge in [-0.15, -0.1) is 0 Å². The van der Waals surface area contributed by atoms with E-state index in [9.17, 15) is 4.79 Å². The Hall–Kier alpha value is -1.75. The van der Waals surface area contributed by atoms with Gasteiger partial charge in [-0.1, -0.05) is 6.07 Å². The first-order valence-corrected chi connectivity index (χ1v) is 7.77. The number of carbonyl (C=O) groups is 1. The van der Waals surface area contributed by atoms with Gasteiger partial charge in [0.15, 0.2) is 0 Å². The summed E-state index contributed by atoms with van der Waals surface area (Å²) in [6.07, 6.45) is 2.04. The highest BCUT2D eigenvalue weighted by molar-refractivity contribution is 6.02. The van der Waals surface area contributed by atoms with Gasteiger partial charge in [0, 0.05) is 31.7 Å². The van der Waals surface area contributed by atoms with Gasteiger partial charge in [0.2, 0.25) is 0 Å². The van der Waals surface area contributed by atoms with Crippen molar-refractivity contribution >= 4 is 17.3 Å². The highest BCUT2D eigenvalue weighted by atomic mass is 16.1. The van der Waals surface area contributed by atoms with Crippen molar-refractivity contribution in [1.82, 2.24) is 10.2 Å². The lowest BCUT2D eigenvalue weighted by molar-refractivity contribution is 0.0897. The minimum Gasteiger partial charge on any atom is -0.382 e. The molecule has 0 aromatic heterocycles. The molecule has 114 valence electrons. The van der Waals surface area contributed by atoms with Crippen molar-refractivity contribution in [3.05, 3.63) is 23.8 Å². The van der Waals surface area contributed by atoms with Crippen LogP contribution < -0.4 is 16.0 Å². The summed E-state index contributed by atoms with van der Waals surface area (Å²) in [5.41, 5.74) is 2.69. The Morgan fingerprint density at radius 1 is 1.33 bits per heavy atom. The minimum atomic E-state index is 0.0322. The first-order chi connectivity index (χ1) is 10.1. The second kappa shape index (κ2) is 5.93. The number of fused-ring (bicyclic) bond motifs is 1. The molecular weight excluding hydrogens is 264 g/mol. The number of para-hydroxylation sites is 1. The molecule has 2 unspecified atom stereocenters. The number of amides is 1. The zero-order valence-corrected chi connectivity index (χ0v) is 12.8. The van der Waals surface area contributed by atoms with Crippen LogP contribution in [0, 0.1) is 0 Å². The van der Waals surface area contributed by atoms with Crippen LogP contribution in [0.3, 0.4) is 0 Å². The van der Waals surface area contributed by atoms with Crippen molar-refractivity contribution in [1.29, 1.82) is 0 Å². The van der Waals surface area contributed by atoms with E-state index in [1.165, 1.54) is 0 Å². The lowest BCUT2D eigenvalue weighted by atomic mass is 9.98. The summed E-state index contributed by atoms with van der Waals surface area (Å²) in [6, 6.07) is 6.64. The van der Waals surface area contributed by atoms with Crippen LogP contribution in [0.5, 0.6) is 0 Å². The summed E-state index contributed by atoms with van der Waals surface area (Å²) in [7, 11) is 2.14. The maximum atomic E-state index is 12.6. The lowest BCUT2D eigenvalue weighted by Gasteiger charge is -2.35. The van der Waals surface area contributed by atoms with E-state index in [4.69, 9.17) is 0 Å². The molecule has 21 heavy (non-hydrogen) atoms. The van der Waals surface area contributed by atoms with Gasteiger partial charge in [-0.2, -0.15) is 0 Å². The summed E-state index contributed by atoms with van der Waals surface area (Å²) in [5.74, 6) is 0.0322. The fourth-order valence-corrected chi connectivity index (χ4v) is 3.15. The monoisotopic (exact) mass is 288 g/mol. The van der Waals surface area contributed by atoms with Gasteiger partial charge < -0.3 is 20.9 Å². The van der Waals surface area contributed by atoms with Gasteiger partial charge in [-0.05, 0) is 38.9 Å². The Labute approximate surface area is 126 Å². The second-order valence-electron chi connectivity index (χ2n) is 6.11. The van der Waals surface area contributed by atoms with Crippen molar-refractivity contribution in [3.8, 4) is 0 Å². The highest BCUT2D eigenvalue weighted by Gasteiger charge is 2.25. The van der Waals surface area contributed by atoms with E-state index in [1.807, 2.05) is 18.2 Å². The number of anilines is 2. The van der Waals surface area contributed by atoms with E-state index in [0.717, 1.165) is 49.4 Å². The molecule has 1 aromatic rings. The number of carbonyl (C=O) groups excluding carboxylic acids is 1.